The van der Waals surface area contributed by atoms with E-state index in [1.807, 2.05) is 0 Å². The lowest BCUT2D eigenvalue weighted by Gasteiger charge is -2.24. The summed E-state index contributed by atoms with van der Waals surface area (Å²) in [5.74, 6) is -7.41. The van der Waals surface area contributed by atoms with E-state index in [1.54, 1.807) is 0 Å². The fraction of sp³-hybridized carbons (Fsp3) is 0.500. The Morgan fingerprint density at radius 2 is 1.43 bits per heavy atom. The molecule has 5 amide bonds. The maximum absolute atomic E-state index is 12.9. The summed E-state index contributed by atoms with van der Waals surface area (Å²) in [4.78, 5) is 89.4. The molecule has 0 fully saturated rings. The lowest BCUT2D eigenvalue weighted by atomic mass is 10.1. The topological polar surface area (TPSA) is 303 Å². The zero-order valence-electron chi connectivity index (χ0n) is 19.6. The predicted octanol–water partition coefficient (Wildman–Crippen LogP) is -4.18. The molecule has 1 rings (SSSR count). The number of imidazole rings is 1. The number of aliphatic carboxylic acids is 2. The van der Waals surface area contributed by atoms with Crippen molar-refractivity contribution in [3.63, 3.8) is 0 Å². The number of primary amides is 2. The van der Waals surface area contributed by atoms with Crippen molar-refractivity contribution in [3.05, 3.63) is 18.2 Å². The number of nitrogens with zero attached hydrogens (tertiary/aromatic N) is 1. The van der Waals surface area contributed by atoms with Crippen LogP contribution >= 0.6 is 0 Å². The highest BCUT2D eigenvalue weighted by Crippen LogP contribution is 2.05. The number of nitrogens with two attached hydrogens (primary N) is 3. The van der Waals surface area contributed by atoms with Crippen LogP contribution in [0.3, 0.4) is 0 Å². The molecule has 0 aliphatic carbocycles. The number of hydrogen-bond acceptors (Lipinski definition) is 9. The molecule has 0 saturated carbocycles. The highest BCUT2D eigenvalue weighted by molar-refractivity contribution is 5.96. The largest absolute Gasteiger partial charge is 0.481 e. The molecular weight excluding hydrogens is 496 g/mol. The summed E-state index contributed by atoms with van der Waals surface area (Å²) < 4.78 is 0. The van der Waals surface area contributed by atoms with E-state index in [0.717, 1.165) is 0 Å². The number of H-pyrrole nitrogens is 1. The SMILES string of the molecule is NC(=O)CCC(NC(=O)C(N)CCC(=O)O)C(=O)NC(CC(N)=O)C(=O)NC(Cc1cnc[nH]1)C(=O)O. The fourth-order valence-corrected chi connectivity index (χ4v) is 3.02. The summed E-state index contributed by atoms with van der Waals surface area (Å²) in [6.07, 6.45) is 0.397. The number of hydrogen-bond donors (Lipinski definition) is 9. The second-order valence-corrected chi connectivity index (χ2v) is 8.02. The van der Waals surface area contributed by atoms with Gasteiger partial charge in [-0.05, 0) is 12.8 Å². The second kappa shape index (κ2) is 14.8. The van der Waals surface area contributed by atoms with Crippen molar-refractivity contribution in [3.8, 4) is 0 Å². The average Bonchev–Trinajstić information content (AvgIpc) is 3.31. The molecule has 37 heavy (non-hydrogen) atoms. The number of rotatable bonds is 17. The fourth-order valence-electron chi connectivity index (χ4n) is 3.02. The van der Waals surface area contributed by atoms with Crippen molar-refractivity contribution in [1.82, 2.24) is 25.9 Å². The van der Waals surface area contributed by atoms with Crippen LogP contribution in [-0.4, -0.2) is 85.8 Å². The van der Waals surface area contributed by atoms with Gasteiger partial charge in [0.15, 0.2) is 0 Å². The molecule has 1 aromatic heterocycles. The Balaban J connectivity index is 3.00. The van der Waals surface area contributed by atoms with Crippen LogP contribution in [0.15, 0.2) is 12.5 Å². The van der Waals surface area contributed by atoms with E-state index in [1.165, 1.54) is 12.5 Å². The van der Waals surface area contributed by atoms with Crippen molar-refractivity contribution >= 4 is 41.5 Å². The Labute approximate surface area is 209 Å². The van der Waals surface area contributed by atoms with E-state index in [0.29, 0.717) is 5.69 Å². The van der Waals surface area contributed by atoms with E-state index < -0.39 is 78.5 Å². The first-order chi connectivity index (χ1) is 17.3. The minimum Gasteiger partial charge on any atom is -0.481 e. The molecule has 12 N–H and O–H groups in total. The lowest BCUT2D eigenvalue weighted by Crippen LogP contribution is -2.58. The van der Waals surface area contributed by atoms with E-state index in [4.69, 9.17) is 22.3 Å². The number of nitrogens with one attached hydrogen (secondary N) is 4. The second-order valence-electron chi connectivity index (χ2n) is 8.02. The quantitative estimate of drug-likeness (QED) is 0.0937. The van der Waals surface area contributed by atoms with Gasteiger partial charge in [-0.25, -0.2) is 9.78 Å². The van der Waals surface area contributed by atoms with Crippen LogP contribution < -0.4 is 33.2 Å². The van der Waals surface area contributed by atoms with Gasteiger partial charge in [0.25, 0.3) is 0 Å². The molecule has 204 valence electrons. The maximum Gasteiger partial charge on any atom is 0.326 e. The van der Waals surface area contributed by atoms with Gasteiger partial charge in [-0.2, -0.15) is 0 Å². The molecule has 1 aromatic rings. The molecule has 0 radical (unpaired) electrons. The monoisotopic (exact) mass is 526 g/mol. The maximum atomic E-state index is 12.9. The van der Waals surface area contributed by atoms with Gasteiger partial charge in [-0.15, -0.1) is 0 Å². The Morgan fingerprint density at radius 3 is 1.95 bits per heavy atom. The van der Waals surface area contributed by atoms with E-state index in [2.05, 4.69) is 25.9 Å². The Kier molecular flexibility index (Phi) is 12.2. The molecular formula is C20H30N8O9. The van der Waals surface area contributed by atoms with Gasteiger partial charge in [0.1, 0.15) is 18.1 Å². The summed E-state index contributed by atoms with van der Waals surface area (Å²) in [6.45, 7) is 0. The number of carbonyl (C=O) groups excluding carboxylic acids is 5. The third-order valence-corrected chi connectivity index (χ3v) is 4.95. The van der Waals surface area contributed by atoms with Gasteiger partial charge in [0.2, 0.25) is 29.5 Å². The zero-order chi connectivity index (χ0) is 28.1. The molecule has 0 saturated heterocycles. The van der Waals surface area contributed by atoms with Gasteiger partial charge < -0.3 is 48.3 Å². The zero-order valence-corrected chi connectivity index (χ0v) is 19.6. The van der Waals surface area contributed by atoms with Crippen molar-refractivity contribution in [2.45, 2.75) is 62.7 Å². The highest BCUT2D eigenvalue weighted by atomic mass is 16.4. The van der Waals surface area contributed by atoms with Crippen LogP contribution in [0.2, 0.25) is 0 Å². The van der Waals surface area contributed by atoms with Crippen molar-refractivity contribution in [2.75, 3.05) is 0 Å². The first kappa shape index (κ1) is 30.5. The Morgan fingerprint density at radius 1 is 0.838 bits per heavy atom. The van der Waals surface area contributed by atoms with Crippen LogP contribution in [-0.2, 0) is 40.0 Å². The van der Waals surface area contributed by atoms with Crippen LogP contribution in [0.1, 0.15) is 37.8 Å². The third-order valence-electron chi connectivity index (χ3n) is 4.95. The van der Waals surface area contributed by atoms with Crippen molar-refractivity contribution < 1.29 is 43.8 Å². The van der Waals surface area contributed by atoms with E-state index in [-0.39, 0.29) is 25.7 Å². The van der Waals surface area contributed by atoms with Gasteiger partial charge in [-0.1, -0.05) is 0 Å². The summed E-state index contributed by atoms with van der Waals surface area (Å²) >= 11 is 0. The minimum atomic E-state index is -1.64. The Hall–Kier alpha value is -4.54. The molecule has 0 aliphatic heterocycles. The number of aromatic nitrogens is 2. The molecule has 4 unspecified atom stereocenters. The van der Waals surface area contributed by atoms with Gasteiger partial charge in [0, 0.05) is 31.2 Å². The normalized spacial score (nSPS) is 13.9. The predicted molar refractivity (Wildman–Crippen MR) is 123 cm³/mol. The van der Waals surface area contributed by atoms with E-state index >= 15 is 0 Å². The highest BCUT2D eigenvalue weighted by Gasteiger charge is 2.31. The average molecular weight is 527 g/mol. The number of amides is 5. The molecule has 0 aromatic carbocycles. The minimum absolute atomic E-state index is 0.191. The lowest BCUT2D eigenvalue weighted by molar-refractivity contribution is -0.142. The summed E-state index contributed by atoms with van der Waals surface area (Å²) in [5, 5.41) is 24.8. The molecule has 1 heterocycles. The smallest absolute Gasteiger partial charge is 0.326 e. The first-order valence-electron chi connectivity index (χ1n) is 10.9. The standard InChI is InChI=1S/C20H30N8O9/c21-10(1-4-16(31)32)17(33)26-11(2-3-14(22)29)18(34)27-12(6-15(23)30)19(35)28-13(20(36)37)5-9-7-24-8-25-9/h7-8,10-13H,1-6,21H2,(H2,22,29)(H2,23,30)(H,24,25)(H,26,33)(H,27,34)(H,28,35)(H,31,32)(H,36,37). The van der Waals surface area contributed by atoms with Gasteiger partial charge in [0.05, 0.1) is 18.8 Å². The number of carboxylic acid groups (broad SMARTS) is 2. The van der Waals surface area contributed by atoms with Crippen molar-refractivity contribution in [2.24, 2.45) is 17.2 Å². The Bertz CT molecular complexity index is 998. The summed E-state index contributed by atoms with van der Waals surface area (Å²) in [6, 6.07) is -5.86. The number of carboxylic acids is 2. The molecule has 4 atom stereocenters. The van der Waals surface area contributed by atoms with Crippen LogP contribution in [0.5, 0.6) is 0 Å². The molecule has 17 heteroatoms. The van der Waals surface area contributed by atoms with Crippen LogP contribution in [0.4, 0.5) is 0 Å². The molecule has 17 nitrogen and oxygen atoms in total. The van der Waals surface area contributed by atoms with Gasteiger partial charge >= 0.3 is 11.9 Å². The van der Waals surface area contributed by atoms with Crippen molar-refractivity contribution in [1.29, 1.82) is 0 Å². The van der Waals surface area contributed by atoms with Gasteiger partial charge in [-0.3, -0.25) is 28.8 Å². The summed E-state index contributed by atoms with van der Waals surface area (Å²) in [5.41, 5.74) is 16.3. The molecule has 0 bridgehead atoms. The molecule has 0 aliphatic rings. The summed E-state index contributed by atoms with van der Waals surface area (Å²) in [7, 11) is 0. The molecule has 0 spiro atoms. The third kappa shape index (κ3) is 11.6. The number of carbonyl (C=O) groups is 7. The van der Waals surface area contributed by atoms with Crippen LogP contribution in [0, 0.1) is 0 Å². The number of aromatic amines is 1. The van der Waals surface area contributed by atoms with E-state index in [9.17, 15) is 38.7 Å². The van der Waals surface area contributed by atoms with Crippen LogP contribution in [0.25, 0.3) is 0 Å². The first-order valence-corrected chi connectivity index (χ1v) is 10.9.